The van der Waals surface area contributed by atoms with Gasteiger partial charge in [-0.05, 0) is 96.3 Å². The standard InChI is InChI=1S/C54H34N2OS/c1-2-14-34(15-3-1)56-46-23-8-4-16-36(46)40-21-12-22-41(53(40)56)39-20-13-25-48-52(39)42-19-5-9-24-47(42)55(48)35-31-43(54-45(32-35)38-18-7-11-27-51(38)58-54)33-28-29-50-44(30-33)37-17-6-10-26-49(37)57-50/h1-11,13-20,22-32H,12,21H2. The number of benzene rings is 8. The first-order chi connectivity index (χ1) is 28.8. The van der Waals surface area contributed by atoms with Gasteiger partial charge >= 0.3 is 0 Å². The molecule has 0 saturated heterocycles. The summed E-state index contributed by atoms with van der Waals surface area (Å²) in [5, 5.41) is 8.73. The zero-order valence-electron chi connectivity index (χ0n) is 31.4. The fraction of sp³-hybridized carbons (Fsp3) is 0.0370. The van der Waals surface area contributed by atoms with Crippen LogP contribution in [0.25, 0.3) is 103 Å². The molecule has 0 spiro atoms. The Labute approximate surface area is 337 Å². The lowest BCUT2D eigenvalue weighted by Crippen LogP contribution is -2.06. The molecule has 4 heterocycles. The van der Waals surface area contributed by atoms with Crippen LogP contribution in [0.3, 0.4) is 0 Å². The molecule has 0 radical (unpaired) electrons. The predicted molar refractivity (Wildman–Crippen MR) is 245 cm³/mol. The first kappa shape index (κ1) is 32.0. The van der Waals surface area contributed by atoms with E-state index < -0.39 is 0 Å². The molecule has 12 aromatic rings. The third-order valence-corrected chi connectivity index (χ3v) is 13.6. The van der Waals surface area contributed by atoms with Gasteiger partial charge in [0.25, 0.3) is 0 Å². The van der Waals surface area contributed by atoms with Crippen LogP contribution in [0, 0.1) is 0 Å². The number of furan rings is 1. The van der Waals surface area contributed by atoms with E-state index in [0.29, 0.717) is 0 Å². The summed E-state index contributed by atoms with van der Waals surface area (Å²) in [6, 6.07) is 64.4. The maximum atomic E-state index is 6.28. The Morgan fingerprint density at radius 2 is 1.17 bits per heavy atom. The number of allylic oxidation sites excluding steroid dienone is 1. The third kappa shape index (κ3) is 4.49. The molecule has 4 aromatic heterocycles. The van der Waals surface area contributed by atoms with Crippen LogP contribution in [0.1, 0.15) is 23.2 Å². The molecule has 0 fully saturated rings. The maximum Gasteiger partial charge on any atom is 0.135 e. The second kappa shape index (κ2) is 12.2. The summed E-state index contributed by atoms with van der Waals surface area (Å²) in [5.41, 5.74) is 15.6. The van der Waals surface area contributed by atoms with E-state index in [0.717, 1.165) is 40.5 Å². The molecule has 0 amide bonds. The molecule has 4 heteroatoms. The highest BCUT2D eigenvalue weighted by molar-refractivity contribution is 7.26. The van der Waals surface area contributed by atoms with Crippen LogP contribution >= 0.6 is 11.3 Å². The van der Waals surface area contributed by atoms with Gasteiger partial charge in [-0.2, -0.15) is 0 Å². The number of rotatable bonds is 4. The van der Waals surface area contributed by atoms with Gasteiger partial charge in [0.2, 0.25) is 0 Å². The first-order valence-corrected chi connectivity index (χ1v) is 20.9. The van der Waals surface area contributed by atoms with Crippen LogP contribution in [-0.4, -0.2) is 9.13 Å². The van der Waals surface area contributed by atoms with E-state index in [-0.39, 0.29) is 0 Å². The van der Waals surface area contributed by atoms with E-state index in [4.69, 9.17) is 4.42 Å². The molecule has 272 valence electrons. The number of aryl methyl sites for hydroxylation is 1. The van der Waals surface area contributed by atoms with Crippen molar-refractivity contribution < 1.29 is 4.42 Å². The van der Waals surface area contributed by atoms with Crippen LogP contribution in [-0.2, 0) is 6.42 Å². The summed E-state index contributed by atoms with van der Waals surface area (Å²) in [6.45, 7) is 0. The molecule has 1 aliphatic carbocycles. The number of hydrogen-bond donors (Lipinski definition) is 0. The summed E-state index contributed by atoms with van der Waals surface area (Å²) in [5.74, 6) is 0. The summed E-state index contributed by atoms with van der Waals surface area (Å²) >= 11 is 1.88. The van der Waals surface area contributed by atoms with Crippen LogP contribution in [0.15, 0.2) is 186 Å². The molecule has 8 aromatic carbocycles. The average Bonchev–Trinajstić information content (AvgIpc) is 4.04. The van der Waals surface area contributed by atoms with Crippen LogP contribution in [0.4, 0.5) is 0 Å². The quantitative estimate of drug-likeness (QED) is 0.175. The largest absolute Gasteiger partial charge is 0.456 e. The van der Waals surface area contributed by atoms with Crippen molar-refractivity contribution in [1.29, 1.82) is 0 Å². The van der Waals surface area contributed by atoms with Gasteiger partial charge in [0.15, 0.2) is 0 Å². The third-order valence-electron chi connectivity index (χ3n) is 12.4. The summed E-state index contributed by atoms with van der Waals surface area (Å²) in [7, 11) is 0. The summed E-state index contributed by atoms with van der Waals surface area (Å²) in [6.07, 6.45) is 4.51. The molecule has 1 aliphatic rings. The predicted octanol–water partition coefficient (Wildman–Crippen LogP) is 15.0. The summed E-state index contributed by atoms with van der Waals surface area (Å²) in [4.78, 5) is 0. The smallest absolute Gasteiger partial charge is 0.135 e. The maximum absolute atomic E-state index is 6.28. The topological polar surface area (TPSA) is 23.0 Å². The molecule has 0 saturated carbocycles. The van der Waals surface area contributed by atoms with Gasteiger partial charge in [-0.1, -0.05) is 115 Å². The molecule has 0 N–H and O–H groups in total. The van der Waals surface area contributed by atoms with E-state index in [1.54, 1.807) is 0 Å². The fourth-order valence-corrected chi connectivity index (χ4v) is 11.2. The van der Waals surface area contributed by atoms with Crippen molar-refractivity contribution in [2.45, 2.75) is 12.8 Å². The number of para-hydroxylation sites is 4. The SMILES string of the molecule is C1=C(c2cccc3c2c2ccccc2n3-c2cc(-c3ccc4oc5ccccc5c4c3)c3sc4ccccc4c3c2)c2c(c3ccccc3n2-c2ccccc2)CC1. The van der Waals surface area contributed by atoms with Crippen LogP contribution in [0.2, 0.25) is 0 Å². The Balaban J connectivity index is 1.09. The lowest BCUT2D eigenvalue weighted by molar-refractivity contribution is 0.669. The van der Waals surface area contributed by atoms with E-state index >= 15 is 0 Å². The van der Waals surface area contributed by atoms with Crippen LogP contribution in [0.5, 0.6) is 0 Å². The Hall–Kier alpha value is -7.14. The molecule has 0 atom stereocenters. The monoisotopic (exact) mass is 758 g/mol. The molecule has 0 unspecified atom stereocenters. The second-order valence-corrected chi connectivity index (χ2v) is 16.6. The highest BCUT2D eigenvalue weighted by Gasteiger charge is 2.27. The zero-order chi connectivity index (χ0) is 37.9. The minimum Gasteiger partial charge on any atom is -0.456 e. The Morgan fingerprint density at radius 1 is 0.466 bits per heavy atom. The Bertz CT molecular complexity index is 3680. The molecular formula is C54H34N2OS. The first-order valence-electron chi connectivity index (χ1n) is 20.1. The van der Waals surface area contributed by atoms with E-state index in [2.05, 4.69) is 185 Å². The van der Waals surface area contributed by atoms with Crippen molar-refractivity contribution in [2.75, 3.05) is 0 Å². The second-order valence-electron chi connectivity index (χ2n) is 15.5. The van der Waals surface area contributed by atoms with Gasteiger partial charge in [-0.15, -0.1) is 11.3 Å². The van der Waals surface area contributed by atoms with Gasteiger partial charge in [0.05, 0.1) is 22.2 Å². The Morgan fingerprint density at radius 3 is 2.05 bits per heavy atom. The van der Waals surface area contributed by atoms with E-state index in [1.165, 1.54) is 92.1 Å². The van der Waals surface area contributed by atoms with Crippen LogP contribution < -0.4 is 0 Å². The molecule has 58 heavy (non-hydrogen) atoms. The van der Waals surface area contributed by atoms with Gasteiger partial charge in [0, 0.05) is 69.6 Å². The molecule has 0 bridgehead atoms. The van der Waals surface area contributed by atoms with Crippen molar-refractivity contribution in [2.24, 2.45) is 0 Å². The highest BCUT2D eigenvalue weighted by atomic mass is 32.1. The molecular weight excluding hydrogens is 725 g/mol. The van der Waals surface area contributed by atoms with Gasteiger partial charge in [0.1, 0.15) is 11.2 Å². The van der Waals surface area contributed by atoms with Gasteiger partial charge < -0.3 is 13.6 Å². The summed E-state index contributed by atoms with van der Waals surface area (Å²) < 4.78 is 13.9. The lowest BCUT2D eigenvalue weighted by Gasteiger charge is -2.20. The minimum atomic E-state index is 0.912. The van der Waals surface area contributed by atoms with Crippen molar-refractivity contribution in [1.82, 2.24) is 9.13 Å². The van der Waals surface area contributed by atoms with E-state index in [1.807, 2.05) is 17.4 Å². The number of aromatic nitrogens is 2. The van der Waals surface area contributed by atoms with Crippen molar-refractivity contribution >= 4 is 91.7 Å². The van der Waals surface area contributed by atoms with Crippen molar-refractivity contribution in [3.8, 4) is 22.5 Å². The van der Waals surface area contributed by atoms with E-state index in [9.17, 15) is 0 Å². The molecule has 3 nitrogen and oxygen atoms in total. The highest BCUT2D eigenvalue weighted by Crippen LogP contribution is 2.47. The Kier molecular flexibility index (Phi) is 6.72. The minimum absolute atomic E-state index is 0.912. The lowest BCUT2D eigenvalue weighted by atomic mass is 9.88. The number of thiophene rings is 1. The van der Waals surface area contributed by atoms with Crippen molar-refractivity contribution in [3.05, 3.63) is 199 Å². The number of fused-ring (bicyclic) bond motifs is 12. The zero-order valence-corrected chi connectivity index (χ0v) is 32.3. The van der Waals surface area contributed by atoms with Crippen molar-refractivity contribution in [3.63, 3.8) is 0 Å². The number of hydrogen-bond acceptors (Lipinski definition) is 2. The van der Waals surface area contributed by atoms with Gasteiger partial charge in [-0.25, -0.2) is 0 Å². The normalized spacial score (nSPS) is 13.1. The van der Waals surface area contributed by atoms with Gasteiger partial charge in [-0.3, -0.25) is 0 Å². The fourth-order valence-electron chi connectivity index (χ4n) is 9.95. The number of nitrogens with zero attached hydrogens (tertiary/aromatic N) is 2. The molecule has 13 rings (SSSR count). The molecule has 0 aliphatic heterocycles. The average molecular weight is 759 g/mol.